The fraction of sp³-hybridized carbons (Fsp3) is 0.538. The molecule has 0 radical (unpaired) electrons. The standard InChI is InChI=1S/C13H20FN/c1-3-5-10(2)13(15)9-11-6-4-7-12(14)8-11/h4,6-8,10,13H,3,5,9,15H2,1-2H3. The minimum absolute atomic E-state index is 0.131. The van der Waals surface area contributed by atoms with Gasteiger partial charge in [-0.25, -0.2) is 4.39 Å². The Balaban J connectivity index is 2.54. The van der Waals surface area contributed by atoms with E-state index in [1.807, 2.05) is 6.07 Å². The lowest BCUT2D eigenvalue weighted by atomic mass is 9.92. The number of hydrogen-bond donors (Lipinski definition) is 1. The Hall–Kier alpha value is -0.890. The predicted molar refractivity (Wildman–Crippen MR) is 62.2 cm³/mol. The summed E-state index contributed by atoms with van der Waals surface area (Å²) in [6, 6.07) is 6.83. The van der Waals surface area contributed by atoms with Crippen molar-refractivity contribution in [2.24, 2.45) is 11.7 Å². The van der Waals surface area contributed by atoms with E-state index in [0.717, 1.165) is 24.8 Å². The summed E-state index contributed by atoms with van der Waals surface area (Å²) in [5.41, 5.74) is 7.05. The second kappa shape index (κ2) is 5.86. The number of halogens is 1. The molecule has 2 atom stereocenters. The normalized spacial score (nSPS) is 14.9. The summed E-state index contributed by atoms with van der Waals surface area (Å²) in [5, 5.41) is 0. The molecule has 0 fully saturated rings. The lowest BCUT2D eigenvalue weighted by molar-refractivity contribution is 0.419. The summed E-state index contributed by atoms with van der Waals surface area (Å²) in [6.07, 6.45) is 3.05. The van der Waals surface area contributed by atoms with Crippen LogP contribution in [0.1, 0.15) is 32.3 Å². The lowest BCUT2D eigenvalue weighted by Crippen LogP contribution is -2.30. The molecule has 0 aliphatic rings. The Morgan fingerprint density at radius 3 is 2.73 bits per heavy atom. The van der Waals surface area contributed by atoms with Crippen molar-refractivity contribution in [3.63, 3.8) is 0 Å². The first-order valence-electron chi connectivity index (χ1n) is 5.63. The van der Waals surface area contributed by atoms with Crippen LogP contribution in [0.2, 0.25) is 0 Å². The summed E-state index contributed by atoms with van der Waals surface area (Å²) >= 11 is 0. The van der Waals surface area contributed by atoms with E-state index >= 15 is 0 Å². The summed E-state index contributed by atoms with van der Waals surface area (Å²) in [6.45, 7) is 4.32. The maximum Gasteiger partial charge on any atom is 0.123 e. The molecule has 2 N–H and O–H groups in total. The molecule has 0 aliphatic carbocycles. The fourth-order valence-corrected chi connectivity index (χ4v) is 1.81. The molecule has 0 spiro atoms. The van der Waals surface area contributed by atoms with Gasteiger partial charge in [-0.1, -0.05) is 32.4 Å². The first-order chi connectivity index (χ1) is 7.13. The van der Waals surface area contributed by atoms with Crippen LogP contribution in [0.5, 0.6) is 0 Å². The van der Waals surface area contributed by atoms with Gasteiger partial charge in [0.1, 0.15) is 5.82 Å². The molecule has 15 heavy (non-hydrogen) atoms. The molecule has 2 unspecified atom stereocenters. The van der Waals surface area contributed by atoms with E-state index in [1.165, 1.54) is 6.07 Å². The third-order valence-electron chi connectivity index (χ3n) is 2.84. The van der Waals surface area contributed by atoms with E-state index in [4.69, 9.17) is 5.73 Å². The van der Waals surface area contributed by atoms with E-state index in [2.05, 4.69) is 13.8 Å². The zero-order chi connectivity index (χ0) is 11.3. The topological polar surface area (TPSA) is 26.0 Å². The first-order valence-corrected chi connectivity index (χ1v) is 5.63. The quantitative estimate of drug-likeness (QED) is 0.792. The molecule has 0 aromatic heterocycles. The van der Waals surface area contributed by atoms with Crippen molar-refractivity contribution >= 4 is 0 Å². The van der Waals surface area contributed by atoms with E-state index < -0.39 is 0 Å². The van der Waals surface area contributed by atoms with Crippen LogP contribution in [0.15, 0.2) is 24.3 Å². The van der Waals surface area contributed by atoms with Gasteiger partial charge in [0.2, 0.25) is 0 Å². The minimum Gasteiger partial charge on any atom is -0.327 e. The molecule has 0 heterocycles. The van der Waals surface area contributed by atoms with Crippen molar-refractivity contribution in [1.29, 1.82) is 0 Å². The Kier molecular flexibility index (Phi) is 4.76. The summed E-state index contributed by atoms with van der Waals surface area (Å²) in [5.74, 6) is 0.320. The van der Waals surface area contributed by atoms with Crippen LogP contribution in [0, 0.1) is 11.7 Å². The van der Waals surface area contributed by atoms with Crippen LogP contribution in [-0.4, -0.2) is 6.04 Å². The second-order valence-electron chi connectivity index (χ2n) is 4.26. The molecular weight excluding hydrogens is 189 g/mol. The highest BCUT2D eigenvalue weighted by Crippen LogP contribution is 2.14. The number of nitrogens with two attached hydrogens (primary N) is 1. The average molecular weight is 209 g/mol. The van der Waals surface area contributed by atoms with E-state index in [1.54, 1.807) is 12.1 Å². The maximum absolute atomic E-state index is 12.9. The van der Waals surface area contributed by atoms with E-state index in [0.29, 0.717) is 5.92 Å². The van der Waals surface area contributed by atoms with Crippen molar-refractivity contribution in [1.82, 2.24) is 0 Å². The third-order valence-corrected chi connectivity index (χ3v) is 2.84. The summed E-state index contributed by atoms with van der Waals surface area (Å²) in [4.78, 5) is 0. The maximum atomic E-state index is 12.9. The highest BCUT2D eigenvalue weighted by molar-refractivity contribution is 5.17. The van der Waals surface area contributed by atoms with E-state index in [9.17, 15) is 4.39 Å². The van der Waals surface area contributed by atoms with Gasteiger partial charge < -0.3 is 5.73 Å². The Bertz CT molecular complexity index is 298. The second-order valence-corrected chi connectivity index (χ2v) is 4.26. The smallest absolute Gasteiger partial charge is 0.123 e. The van der Waals surface area contributed by atoms with Crippen LogP contribution in [-0.2, 0) is 6.42 Å². The third kappa shape index (κ3) is 4.00. The molecule has 0 aliphatic heterocycles. The van der Waals surface area contributed by atoms with Crippen molar-refractivity contribution in [3.8, 4) is 0 Å². The Labute approximate surface area is 91.5 Å². The molecule has 1 nitrogen and oxygen atoms in total. The van der Waals surface area contributed by atoms with Gasteiger partial charge in [-0.15, -0.1) is 0 Å². The highest BCUT2D eigenvalue weighted by Gasteiger charge is 2.12. The van der Waals surface area contributed by atoms with Crippen molar-refractivity contribution in [3.05, 3.63) is 35.6 Å². The van der Waals surface area contributed by atoms with Crippen LogP contribution in [0.3, 0.4) is 0 Å². The van der Waals surface area contributed by atoms with Crippen molar-refractivity contribution in [2.75, 3.05) is 0 Å². The molecule has 1 aromatic rings. The molecule has 1 rings (SSSR count). The van der Waals surface area contributed by atoms with Crippen molar-refractivity contribution < 1.29 is 4.39 Å². The zero-order valence-corrected chi connectivity index (χ0v) is 9.54. The first kappa shape index (κ1) is 12.2. The number of benzene rings is 1. The van der Waals surface area contributed by atoms with Crippen LogP contribution in [0.4, 0.5) is 4.39 Å². The van der Waals surface area contributed by atoms with Gasteiger partial charge in [0.15, 0.2) is 0 Å². The molecule has 0 bridgehead atoms. The van der Waals surface area contributed by atoms with E-state index in [-0.39, 0.29) is 11.9 Å². The van der Waals surface area contributed by atoms with Crippen LogP contribution < -0.4 is 5.73 Å². The minimum atomic E-state index is -0.178. The Morgan fingerprint density at radius 1 is 1.40 bits per heavy atom. The van der Waals surface area contributed by atoms with Crippen LogP contribution in [0.25, 0.3) is 0 Å². The summed E-state index contributed by atoms with van der Waals surface area (Å²) in [7, 11) is 0. The molecule has 1 aromatic carbocycles. The van der Waals surface area contributed by atoms with Gasteiger partial charge in [0, 0.05) is 6.04 Å². The number of hydrogen-bond acceptors (Lipinski definition) is 1. The lowest BCUT2D eigenvalue weighted by Gasteiger charge is -2.19. The largest absolute Gasteiger partial charge is 0.327 e. The van der Waals surface area contributed by atoms with Gasteiger partial charge in [-0.2, -0.15) is 0 Å². The fourth-order valence-electron chi connectivity index (χ4n) is 1.81. The molecule has 0 saturated heterocycles. The zero-order valence-electron chi connectivity index (χ0n) is 9.54. The molecule has 84 valence electrons. The molecular formula is C13H20FN. The molecule has 0 amide bonds. The SMILES string of the molecule is CCCC(C)C(N)Cc1cccc(F)c1. The molecule has 0 saturated carbocycles. The predicted octanol–water partition coefficient (Wildman–Crippen LogP) is 3.13. The summed E-state index contributed by atoms with van der Waals surface area (Å²) < 4.78 is 12.9. The Morgan fingerprint density at radius 2 is 2.13 bits per heavy atom. The average Bonchev–Trinajstić information content (AvgIpc) is 2.18. The van der Waals surface area contributed by atoms with Crippen molar-refractivity contribution in [2.45, 2.75) is 39.2 Å². The van der Waals surface area contributed by atoms with Gasteiger partial charge >= 0.3 is 0 Å². The van der Waals surface area contributed by atoms with Gasteiger partial charge in [0.05, 0.1) is 0 Å². The van der Waals surface area contributed by atoms with Crippen LogP contribution >= 0.6 is 0 Å². The van der Waals surface area contributed by atoms with Gasteiger partial charge in [-0.3, -0.25) is 0 Å². The highest BCUT2D eigenvalue weighted by atomic mass is 19.1. The number of rotatable bonds is 5. The monoisotopic (exact) mass is 209 g/mol. The molecule has 2 heteroatoms. The van der Waals surface area contributed by atoms with Gasteiger partial charge in [0.25, 0.3) is 0 Å². The van der Waals surface area contributed by atoms with Gasteiger partial charge in [-0.05, 0) is 36.5 Å².